The zero-order valence-electron chi connectivity index (χ0n) is 16.0. The fourth-order valence-electron chi connectivity index (χ4n) is 3.50. The van der Waals surface area contributed by atoms with E-state index >= 15 is 0 Å². The fraction of sp³-hybridized carbons (Fsp3) is 0.263. The van der Waals surface area contributed by atoms with Crippen molar-refractivity contribution in [2.75, 3.05) is 43.5 Å². The second-order valence-electron chi connectivity index (χ2n) is 6.87. The Balaban J connectivity index is 1.50. The number of piperazine rings is 1. The van der Waals surface area contributed by atoms with Crippen LogP contribution in [0.4, 0.5) is 20.6 Å². The Morgan fingerprint density at radius 3 is 2.53 bits per heavy atom. The molecule has 0 unspecified atom stereocenters. The van der Waals surface area contributed by atoms with Crippen LogP contribution < -0.4 is 19.7 Å². The van der Waals surface area contributed by atoms with Gasteiger partial charge in [-0.3, -0.25) is 4.79 Å². The molecule has 0 aliphatic carbocycles. The van der Waals surface area contributed by atoms with Crippen LogP contribution in [0.3, 0.4) is 0 Å². The highest BCUT2D eigenvalue weighted by Crippen LogP contribution is 2.28. The van der Waals surface area contributed by atoms with Crippen LogP contribution in [0.15, 0.2) is 41.3 Å². The summed E-state index contributed by atoms with van der Waals surface area (Å²) in [6.45, 7) is 1.51. The molecular weight excluding hydrogens is 415 g/mol. The van der Waals surface area contributed by atoms with Gasteiger partial charge in [-0.1, -0.05) is 0 Å². The number of urea groups is 1. The number of hydrogen-bond donors (Lipinski definition) is 2. The van der Waals surface area contributed by atoms with Crippen LogP contribution in [0.2, 0.25) is 0 Å². The Bertz CT molecular complexity index is 1130. The number of methoxy groups -OCH3 is 1. The molecule has 0 bridgehead atoms. The average molecular weight is 434 g/mol. The van der Waals surface area contributed by atoms with Gasteiger partial charge in [-0.2, -0.15) is 0 Å². The van der Waals surface area contributed by atoms with E-state index in [2.05, 4.69) is 5.32 Å². The molecule has 1 saturated heterocycles. The SMILES string of the molecule is COc1ccc(F)c(N2CCN(C(=O)c3ccc4c(c3)S(=O)(=O)NC(=O)N4)CC2)c1. The van der Waals surface area contributed by atoms with Gasteiger partial charge < -0.3 is 19.9 Å². The van der Waals surface area contributed by atoms with Crippen LogP contribution in [0.5, 0.6) is 5.75 Å². The smallest absolute Gasteiger partial charge is 0.333 e. The van der Waals surface area contributed by atoms with Gasteiger partial charge in [0.25, 0.3) is 15.9 Å². The van der Waals surface area contributed by atoms with Crippen molar-refractivity contribution in [2.45, 2.75) is 4.90 Å². The minimum Gasteiger partial charge on any atom is -0.497 e. The third-order valence-corrected chi connectivity index (χ3v) is 6.43. The molecule has 2 N–H and O–H groups in total. The van der Waals surface area contributed by atoms with E-state index in [1.807, 2.05) is 9.62 Å². The standard InChI is InChI=1S/C19H19FN4O5S/c1-29-13-3-4-14(20)16(11-13)23-6-8-24(9-7-23)18(25)12-2-5-15-17(10-12)30(27,28)22-19(26)21-15/h2-5,10-11H,6-9H2,1H3,(H2,21,22,26). The Kier molecular flexibility index (Phi) is 4.98. The highest BCUT2D eigenvalue weighted by atomic mass is 32.2. The monoisotopic (exact) mass is 434 g/mol. The number of nitrogens with zero attached hydrogens (tertiary/aromatic N) is 2. The number of fused-ring (bicyclic) bond motifs is 1. The summed E-state index contributed by atoms with van der Waals surface area (Å²) in [6, 6.07) is 7.75. The van der Waals surface area contributed by atoms with Gasteiger partial charge >= 0.3 is 6.03 Å². The molecule has 2 aliphatic rings. The van der Waals surface area contributed by atoms with Gasteiger partial charge in [-0.05, 0) is 30.3 Å². The number of carbonyl (C=O) groups excluding carboxylic acids is 2. The molecule has 3 amide bonds. The van der Waals surface area contributed by atoms with Crippen molar-refractivity contribution < 1.29 is 27.1 Å². The first-order chi connectivity index (χ1) is 14.3. The van der Waals surface area contributed by atoms with E-state index in [0.29, 0.717) is 37.6 Å². The van der Waals surface area contributed by atoms with Crippen molar-refractivity contribution in [1.29, 1.82) is 0 Å². The number of amides is 3. The largest absolute Gasteiger partial charge is 0.497 e. The number of carbonyl (C=O) groups is 2. The molecule has 2 aromatic rings. The number of hydrogen-bond acceptors (Lipinski definition) is 6. The van der Waals surface area contributed by atoms with E-state index in [1.165, 1.54) is 31.4 Å². The van der Waals surface area contributed by atoms with Crippen LogP contribution in [0.1, 0.15) is 10.4 Å². The molecule has 0 atom stereocenters. The molecule has 0 radical (unpaired) electrons. The molecule has 9 nitrogen and oxygen atoms in total. The third-order valence-electron chi connectivity index (χ3n) is 5.05. The fourth-order valence-corrected chi connectivity index (χ4v) is 4.60. The van der Waals surface area contributed by atoms with Gasteiger partial charge in [0.05, 0.1) is 18.5 Å². The summed E-state index contributed by atoms with van der Waals surface area (Å²) in [7, 11) is -2.52. The Morgan fingerprint density at radius 2 is 1.83 bits per heavy atom. The van der Waals surface area contributed by atoms with E-state index in [0.717, 1.165) is 0 Å². The normalized spacial score (nSPS) is 17.6. The van der Waals surface area contributed by atoms with Crippen LogP contribution in [0, 0.1) is 5.82 Å². The molecular formula is C19H19FN4O5S. The molecule has 158 valence electrons. The average Bonchev–Trinajstić information content (AvgIpc) is 2.73. The summed E-state index contributed by atoms with van der Waals surface area (Å²) in [5, 5.41) is 2.39. The second kappa shape index (κ2) is 7.48. The zero-order chi connectivity index (χ0) is 21.5. The molecule has 0 aromatic heterocycles. The molecule has 4 rings (SSSR count). The minimum absolute atomic E-state index is 0.119. The van der Waals surface area contributed by atoms with E-state index in [9.17, 15) is 22.4 Å². The highest BCUT2D eigenvalue weighted by molar-refractivity contribution is 7.90. The van der Waals surface area contributed by atoms with E-state index in [-0.39, 0.29) is 27.9 Å². The number of anilines is 2. The first-order valence-corrected chi connectivity index (χ1v) is 10.6. The highest BCUT2D eigenvalue weighted by Gasteiger charge is 2.30. The van der Waals surface area contributed by atoms with Crippen molar-refractivity contribution >= 4 is 33.3 Å². The van der Waals surface area contributed by atoms with Crippen molar-refractivity contribution in [3.05, 3.63) is 47.8 Å². The lowest BCUT2D eigenvalue weighted by molar-refractivity contribution is 0.0746. The van der Waals surface area contributed by atoms with E-state index in [1.54, 1.807) is 17.0 Å². The molecule has 30 heavy (non-hydrogen) atoms. The molecule has 1 fully saturated rings. The molecule has 2 heterocycles. The summed E-state index contributed by atoms with van der Waals surface area (Å²) in [5.41, 5.74) is 0.716. The predicted octanol–water partition coefficient (Wildman–Crippen LogP) is 1.62. The molecule has 2 aliphatic heterocycles. The Hall–Kier alpha value is -3.34. The van der Waals surface area contributed by atoms with Crippen LogP contribution >= 0.6 is 0 Å². The summed E-state index contributed by atoms with van der Waals surface area (Å²) >= 11 is 0. The van der Waals surface area contributed by atoms with Gasteiger partial charge in [0.15, 0.2) is 0 Å². The summed E-state index contributed by atoms with van der Waals surface area (Å²) in [5.74, 6) is -0.165. The second-order valence-corrected chi connectivity index (χ2v) is 8.52. The molecule has 0 spiro atoms. The first kappa shape index (κ1) is 20.0. The zero-order valence-corrected chi connectivity index (χ0v) is 16.8. The number of benzene rings is 2. The summed E-state index contributed by atoms with van der Waals surface area (Å²) < 4.78 is 45.5. The van der Waals surface area contributed by atoms with Crippen molar-refractivity contribution in [2.24, 2.45) is 0 Å². The van der Waals surface area contributed by atoms with Crippen molar-refractivity contribution in [1.82, 2.24) is 9.62 Å². The van der Waals surface area contributed by atoms with Gasteiger partial charge in [0.1, 0.15) is 16.5 Å². The number of halogens is 1. The van der Waals surface area contributed by atoms with Gasteiger partial charge in [-0.25, -0.2) is 22.3 Å². The van der Waals surface area contributed by atoms with Crippen LogP contribution in [-0.2, 0) is 10.0 Å². The molecule has 0 saturated carbocycles. The maximum atomic E-state index is 14.2. The topological polar surface area (TPSA) is 108 Å². The lowest BCUT2D eigenvalue weighted by atomic mass is 10.1. The summed E-state index contributed by atoms with van der Waals surface area (Å²) in [4.78, 5) is 27.5. The number of ether oxygens (including phenoxy) is 1. The van der Waals surface area contributed by atoms with E-state index in [4.69, 9.17) is 4.74 Å². The predicted molar refractivity (Wildman–Crippen MR) is 107 cm³/mol. The van der Waals surface area contributed by atoms with Crippen molar-refractivity contribution in [3.63, 3.8) is 0 Å². The van der Waals surface area contributed by atoms with Crippen LogP contribution in [0.25, 0.3) is 0 Å². The Morgan fingerprint density at radius 1 is 1.10 bits per heavy atom. The third kappa shape index (κ3) is 3.63. The molecule has 2 aromatic carbocycles. The number of rotatable bonds is 3. The maximum absolute atomic E-state index is 14.2. The quantitative estimate of drug-likeness (QED) is 0.760. The van der Waals surface area contributed by atoms with Gasteiger partial charge in [0, 0.05) is 37.8 Å². The van der Waals surface area contributed by atoms with E-state index < -0.39 is 16.1 Å². The van der Waals surface area contributed by atoms with Gasteiger partial charge in [-0.15, -0.1) is 0 Å². The first-order valence-electron chi connectivity index (χ1n) is 9.14. The molecule has 11 heteroatoms. The minimum atomic E-state index is -4.03. The summed E-state index contributed by atoms with van der Waals surface area (Å²) in [6.07, 6.45) is 0. The maximum Gasteiger partial charge on any atom is 0.333 e. The van der Waals surface area contributed by atoms with Crippen molar-refractivity contribution in [3.8, 4) is 5.75 Å². The number of nitrogens with one attached hydrogen (secondary N) is 2. The Labute approximate surface area is 172 Å². The van der Waals surface area contributed by atoms with Crippen LogP contribution in [-0.4, -0.2) is 58.5 Å². The number of sulfonamides is 1. The van der Waals surface area contributed by atoms with Gasteiger partial charge in [0.2, 0.25) is 0 Å². The lowest BCUT2D eigenvalue weighted by Crippen LogP contribution is -2.49. The lowest BCUT2D eigenvalue weighted by Gasteiger charge is -2.36.